The number of aliphatic carboxylic acids is 1. The van der Waals surface area contributed by atoms with Crippen LogP contribution < -0.4 is 0 Å². The maximum atomic E-state index is 10.6. The first-order chi connectivity index (χ1) is 9.20. The predicted octanol–water partition coefficient (Wildman–Crippen LogP) is 1.90. The number of aromatic nitrogens is 2. The van der Waals surface area contributed by atoms with Gasteiger partial charge in [0, 0.05) is 25.8 Å². The highest BCUT2D eigenvalue weighted by Gasteiger charge is 2.29. The van der Waals surface area contributed by atoms with Crippen LogP contribution in [0.4, 0.5) is 0 Å². The Bertz CT molecular complexity index is 445. The van der Waals surface area contributed by atoms with E-state index < -0.39 is 5.97 Å². The summed E-state index contributed by atoms with van der Waals surface area (Å²) in [5.74, 6) is -0.357. The number of nitrogens with zero attached hydrogens (tertiary/aromatic N) is 3. The van der Waals surface area contributed by atoms with Gasteiger partial charge in [0.2, 0.25) is 0 Å². The van der Waals surface area contributed by atoms with Gasteiger partial charge in [-0.15, -0.1) is 0 Å². The van der Waals surface area contributed by atoms with Crippen molar-refractivity contribution in [1.29, 1.82) is 0 Å². The number of carbonyl (C=O) groups is 1. The van der Waals surface area contributed by atoms with Crippen molar-refractivity contribution < 1.29 is 9.90 Å². The van der Waals surface area contributed by atoms with Crippen molar-refractivity contribution in [2.45, 2.75) is 44.7 Å². The van der Waals surface area contributed by atoms with E-state index in [9.17, 15) is 4.79 Å². The van der Waals surface area contributed by atoms with Gasteiger partial charge in [0.15, 0.2) is 0 Å². The number of likely N-dealkylation sites (tertiary alicyclic amines) is 1. The molecule has 1 N–H and O–H groups in total. The Morgan fingerprint density at radius 2 is 2.11 bits per heavy atom. The number of hydrogen-bond donors (Lipinski definition) is 1. The molecule has 1 aliphatic carbocycles. The van der Waals surface area contributed by atoms with Gasteiger partial charge in [0.25, 0.3) is 0 Å². The molecule has 1 saturated heterocycles. The van der Waals surface area contributed by atoms with Crippen LogP contribution in [-0.4, -0.2) is 38.8 Å². The average Bonchev–Trinajstić information content (AvgIpc) is 2.95. The number of carboxylic acids is 1. The summed E-state index contributed by atoms with van der Waals surface area (Å²) < 4.78 is 2.12. The van der Waals surface area contributed by atoms with Crippen molar-refractivity contribution >= 4 is 5.97 Å². The van der Waals surface area contributed by atoms with Crippen LogP contribution in [0.5, 0.6) is 0 Å². The molecule has 19 heavy (non-hydrogen) atoms. The van der Waals surface area contributed by atoms with Crippen molar-refractivity contribution in [1.82, 2.24) is 14.7 Å². The van der Waals surface area contributed by atoms with Crippen LogP contribution in [0.25, 0.3) is 0 Å². The van der Waals surface area contributed by atoms with Crippen molar-refractivity contribution in [2.24, 2.45) is 5.92 Å². The zero-order valence-electron chi connectivity index (χ0n) is 11.2. The lowest BCUT2D eigenvalue weighted by molar-refractivity contribution is -0.139. The van der Waals surface area contributed by atoms with Crippen LogP contribution in [0.1, 0.15) is 43.8 Å². The molecule has 0 spiro atoms. The average molecular weight is 263 g/mol. The first-order valence-corrected chi connectivity index (χ1v) is 7.19. The normalized spacial score (nSPS) is 21.7. The Labute approximate surface area is 113 Å². The van der Waals surface area contributed by atoms with Crippen LogP contribution in [-0.2, 0) is 11.3 Å². The second-order valence-electron chi connectivity index (χ2n) is 5.88. The summed E-state index contributed by atoms with van der Waals surface area (Å²) in [5.41, 5.74) is 1.11. The summed E-state index contributed by atoms with van der Waals surface area (Å²) in [6.45, 7) is 2.64. The van der Waals surface area contributed by atoms with E-state index in [1.54, 1.807) is 0 Å². The quantitative estimate of drug-likeness (QED) is 0.881. The van der Waals surface area contributed by atoms with Gasteiger partial charge in [-0.2, -0.15) is 5.10 Å². The van der Waals surface area contributed by atoms with Crippen molar-refractivity contribution in [3.05, 3.63) is 18.0 Å². The van der Waals surface area contributed by atoms with E-state index in [1.165, 1.54) is 25.7 Å². The summed E-state index contributed by atoms with van der Waals surface area (Å²) in [5, 5.41) is 13.4. The molecular weight excluding hydrogens is 242 g/mol. The topological polar surface area (TPSA) is 58.4 Å². The van der Waals surface area contributed by atoms with Gasteiger partial charge in [-0.05, 0) is 24.8 Å². The Kier molecular flexibility index (Phi) is 3.55. The minimum Gasteiger partial charge on any atom is -0.481 e. The van der Waals surface area contributed by atoms with Gasteiger partial charge in [-0.1, -0.05) is 12.8 Å². The first kappa shape index (κ1) is 12.7. The molecule has 0 amide bonds. The monoisotopic (exact) mass is 263 g/mol. The largest absolute Gasteiger partial charge is 0.481 e. The van der Waals surface area contributed by atoms with Gasteiger partial charge < -0.3 is 5.11 Å². The molecule has 5 nitrogen and oxygen atoms in total. The molecule has 0 atom stereocenters. The van der Waals surface area contributed by atoms with E-state index in [4.69, 9.17) is 5.11 Å². The third kappa shape index (κ3) is 2.97. The summed E-state index contributed by atoms with van der Waals surface area (Å²) >= 11 is 0. The number of hydrogen-bond acceptors (Lipinski definition) is 3. The first-order valence-electron chi connectivity index (χ1n) is 7.19. The maximum absolute atomic E-state index is 10.6. The van der Waals surface area contributed by atoms with Crippen LogP contribution in [0, 0.1) is 5.92 Å². The molecule has 3 rings (SSSR count). The molecule has 0 unspecified atom stereocenters. The van der Waals surface area contributed by atoms with E-state index in [0.717, 1.165) is 25.3 Å². The van der Waals surface area contributed by atoms with Crippen LogP contribution >= 0.6 is 0 Å². The second-order valence-corrected chi connectivity index (χ2v) is 5.88. The van der Waals surface area contributed by atoms with Gasteiger partial charge in [-0.3, -0.25) is 14.4 Å². The Balaban J connectivity index is 1.47. The standard InChI is InChI=1S/C14H21N3O2/c18-14(19)7-11-8-16(9-11)10-12-5-6-17(15-12)13-3-1-2-4-13/h5-6,11,13H,1-4,7-10H2,(H,18,19). The van der Waals surface area contributed by atoms with Crippen molar-refractivity contribution in [3.63, 3.8) is 0 Å². The van der Waals surface area contributed by atoms with E-state index in [0.29, 0.717) is 18.4 Å². The Hall–Kier alpha value is -1.36. The van der Waals surface area contributed by atoms with Crippen LogP contribution in [0.2, 0.25) is 0 Å². The van der Waals surface area contributed by atoms with Gasteiger partial charge >= 0.3 is 5.97 Å². The summed E-state index contributed by atoms with van der Waals surface area (Å²) in [6.07, 6.45) is 7.55. The fourth-order valence-electron chi connectivity index (χ4n) is 3.24. The van der Waals surface area contributed by atoms with Gasteiger partial charge in [-0.25, -0.2) is 0 Å². The van der Waals surface area contributed by atoms with Crippen molar-refractivity contribution in [3.8, 4) is 0 Å². The highest BCUT2D eigenvalue weighted by Crippen LogP contribution is 2.29. The molecule has 2 fully saturated rings. The molecule has 0 bridgehead atoms. The lowest BCUT2D eigenvalue weighted by Crippen LogP contribution is -2.46. The smallest absolute Gasteiger partial charge is 0.303 e. The molecule has 1 aliphatic heterocycles. The predicted molar refractivity (Wildman–Crippen MR) is 70.8 cm³/mol. The molecule has 0 radical (unpaired) electrons. The van der Waals surface area contributed by atoms with E-state index in [2.05, 4.69) is 26.9 Å². The minimum atomic E-state index is -0.685. The lowest BCUT2D eigenvalue weighted by Gasteiger charge is -2.38. The molecule has 1 aromatic heterocycles. The number of carboxylic acid groups (broad SMARTS) is 1. The third-order valence-corrected chi connectivity index (χ3v) is 4.24. The molecule has 5 heteroatoms. The number of rotatable bonds is 5. The zero-order valence-corrected chi connectivity index (χ0v) is 11.2. The highest BCUT2D eigenvalue weighted by molar-refractivity contribution is 5.67. The molecule has 1 aromatic rings. The van der Waals surface area contributed by atoms with E-state index >= 15 is 0 Å². The highest BCUT2D eigenvalue weighted by atomic mass is 16.4. The zero-order chi connectivity index (χ0) is 13.2. The van der Waals surface area contributed by atoms with E-state index in [-0.39, 0.29) is 0 Å². The third-order valence-electron chi connectivity index (χ3n) is 4.24. The molecular formula is C14H21N3O2. The van der Waals surface area contributed by atoms with Gasteiger partial charge in [0.05, 0.1) is 18.2 Å². The Morgan fingerprint density at radius 1 is 1.37 bits per heavy atom. The van der Waals surface area contributed by atoms with Crippen molar-refractivity contribution in [2.75, 3.05) is 13.1 Å². The molecule has 2 heterocycles. The fourth-order valence-corrected chi connectivity index (χ4v) is 3.24. The Morgan fingerprint density at radius 3 is 2.79 bits per heavy atom. The lowest BCUT2D eigenvalue weighted by atomic mass is 9.96. The summed E-state index contributed by atoms with van der Waals surface area (Å²) in [4.78, 5) is 12.9. The molecule has 1 saturated carbocycles. The molecule has 104 valence electrons. The second kappa shape index (κ2) is 5.33. The van der Waals surface area contributed by atoms with E-state index in [1.807, 2.05) is 0 Å². The molecule has 0 aromatic carbocycles. The van der Waals surface area contributed by atoms with Gasteiger partial charge in [0.1, 0.15) is 0 Å². The van der Waals surface area contributed by atoms with Crippen LogP contribution in [0.15, 0.2) is 12.3 Å². The van der Waals surface area contributed by atoms with Crippen LogP contribution in [0.3, 0.4) is 0 Å². The summed E-state index contributed by atoms with van der Waals surface area (Å²) in [7, 11) is 0. The minimum absolute atomic E-state index is 0.299. The maximum Gasteiger partial charge on any atom is 0.303 e. The molecule has 2 aliphatic rings. The SMILES string of the molecule is O=C(O)CC1CN(Cc2ccn(C3CCCC3)n2)C1. The fraction of sp³-hybridized carbons (Fsp3) is 0.714. The summed E-state index contributed by atoms with van der Waals surface area (Å²) in [6, 6.07) is 2.70.